The smallest absolute Gasteiger partial charge is 0.255 e. The third-order valence-electron chi connectivity index (χ3n) is 3.76. The van der Waals surface area contributed by atoms with E-state index < -0.39 is 0 Å². The van der Waals surface area contributed by atoms with E-state index in [-0.39, 0.29) is 42.5 Å². The fraction of sp³-hybridized carbons (Fsp3) is 0.533. The van der Waals surface area contributed by atoms with Gasteiger partial charge in [-0.05, 0) is 31.9 Å². The maximum Gasteiger partial charge on any atom is 0.255 e. The van der Waals surface area contributed by atoms with E-state index >= 15 is 0 Å². The Kier molecular flexibility index (Phi) is 9.79. The summed E-state index contributed by atoms with van der Waals surface area (Å²) in [6, 6.07) is 3.54. The maximum absolute atomic E-state index is 12.5. The summed E-state index contributed by atoms with van der Waals surface area (Å²) in [5.74, 6) is -0.205. The molecule has 0 aliphatic carbocycles. The minimum Gasteiger partial charge on any atom is -0.355 e. The van der Waals surface area contributed by atoms with Gasteiger partial charge in [0.05, 0.1) is 11.5 Å². The van der Waals surface area contributed by atoms with Crippen molar-refractivity contribution in [1.29, 1.82) is 0 Å². The summed E-state index contributed by atoms with van der Waals surface area (Å²) in [6.07, 6.45) is 3.32. The third kappa shape index (κ3) is 5.64. The number of nitrogens with zero attached hydrogens (tertiary/aromatic N) is 2. The molecule has 2 rings (SSSR count). The van der Waals surface area contributed by atoms with Gasteiger partial charge >= 0.3 is 0 Å². The highest BCUT2D eigenvalue weighted by atomic mass is 35.5. The number of aromatic nitrogens is 1. The number of hydrogen-bond donors (Lipinski definition) is 2. The molecule has 6 nitrogen and oxygen atoms in total. The molecule has 8 heteroatoms. The lowest BCUT2D eigenvalue weighted by atomic mass is 9.96. The Morgan fingerprint density at radius 2 is 2.17 bits per heavy atom. The van der Waals surface area contributed by atoms with Crippen LogP contribution < -0.4 is 11.1 Å². The van der Waals surface area contributed by atoms with E-state index in [2.05, 4.69) is 10.3 Å². The normalized spacial score (nSPS) is 16.8. The van der Waals surface area contributed by atoms with Gasteiger partial charge in [-0.25, -0.2) is 0 Å². The van der Waals surface area contributed by atoms with Gasteiger partial charge in [0.1, 0.15) is 0 Å². The highest BCUT2D eigenvalue weighted by Gasteiger charge is 2.29. The van der Waals surface area contributed by atoms with Gasteiger partial charge in [-0.2, -0.15) is 0 Å². The van der Waals surface area contributed by atoms with Crippen molar-refractivity contribution in [3.63, 3.8) is 0 Å². The van der Waals surface area contributed by atoms with E-state index in [0.29, 0.717) is 31.7 Å². The second-order valence-corrected chi connectivity index (χ2v) is 5.31. The number of carbonyl (C=O) groups excluding carboxylic acids is 2. The van der Waals surface area contributed by atoms with Crippen LogP contribution in [-0.2, 0) is 4.79 Å². The van der Waals surface area contributed by atoms with Gasteiger partial charge in [0.25, 0.3) is 5.91 Å². The Balaban J connectivity index is 0.00000242. The maximum atomic E-state index is 12.5. The lowest BCUT2D eigenvalue weighted by Crippen LogP contribution is -2.46. The fourth-order valence-corrected chi connectivity index (χ4v) is 2.60. The standard InChI is InChI=1S/C15H22N4O2.2ClH/c1-11-13(5-2-7-17-11)15(21)19-9-3-4-12(10-19)14(20)18-8-6-16;;/h2,5,7,12H,3-4,6,8-10,16H2,1H3,(H,18,20);2*1H. The molecular formula is C15H24Cl2N4O2. The Morgan fingerprint density at radius 1 is 1.43 bits per heavy atom. The first-order valence-corrected chi connectivity index (χ1v) is 7.32. The molecule has 2 heterocycles. The van der Waals surface area contributed by atoms with Gasteiger partial charge in [-0.3, -0.25) is 14.6 Å². The van der Waals surface area contributed by atoms with Crippen LogP contribution in [0.4, 0.5) is 0 Å². The van der Waals surface area contributed by atoms with Crippen LogP contribution in [0.25, 0.3) is 0 Å². The Bertz CT molecular complexity index is 528. The topological polar surface area (TPSA) is 88.3 Å². The number of piperidine rings is 1. The van der Waals surface area contributed by atoms with E-state index in [1.807, 2.05) is 6.92 Å². The number of hydrogen-bond acceptors (Lipinski definition) is 4. The first kappa shape index (κ1) is 21.6. The number of rotatable bonds is 4. The molecule has 0 aromatic carbocycles. The molecular weight excluding hydrogens is 339 g/mol. The van der Waals surface area contributed by atoms with Gasteiger partial charge in [0.15, 0.2) is 0 Å². The number of carbonyl (C=O) groups is 2. The molecule has 0 saturated carbocycles. The molecule has 0 spiro atoms. The third-order valence-corrected chi connectivity index (χ3v) is 3.76. The highest BCUT2D eigenvalue weighted by molar-refractivity contribution is 5.95. The zero-order valence-corrected chi connectivity index (χ0v) is 14.8. The first-order chi connectivity index (χ1) is 10.1. The lowest BCUT2D eigenvalue weighted by molar-refractivity contribution is -0.126. The summed E-state index contributed by atoms with van der Waals surface area (Å²) in [6.45, 7) is 3.88. The van der Waals surface area contributed by atoms with Crippen LogP contribution in [-0.4, -0.2) is 47.9 Å². The Morgan fingerprint density at radius 3 is 2.83 bits per heavy atom. The minimum absolute atomic E-state index is 0. The van der Waals surface area contributed by atoms with Crippen LogP contribution in [0.3, 0.4) is 0 Å². The largest absolute Gasteiger partial charge is 0.355 e. The predicted molar refractivity (Wildman–Crippen MR) is 94.2 cm³/mol. The van der Waals surface area contributed by atoms with Gasteiger partial charge in [0.2, 0.25) is 5.91 Å². The first-order valence-electron chi connectivity index (χ1n) is 7.32. The molecule has 1 aliphatic heterocycles. The van der Waals surface area contributed by atoms with Gasteiger partial charge in [-0.1, -0.05) is 0 Å². The minimum atomic E-state index is -0.147. The molecule has 130 valence electrons. The van der Waals surface area contributed by atoms with Gasteiger partial charge in [0, 0.05) is 38.1 Å². The number of likely N-dealkylation sites (tertiary alicyclic amines) is 1. The summed E-state index contributed by atoms with van der Waals surface area (Å²) in [5, 5.41) is 2.80. The molecule has 1 aromatic heterocycles. The van der Waals surface area contributed by atoms with Crippen molar-refractivity contribution in [2.45, 2.75) is 19.8 Å². The Hall–Kier alpha value is -1.37. The van der Waals surface area contributed by atoms with Crippen LogP contribution >= 0.6 is 24.8 Å². The highest BCUT2D eigenvalue weighted by Crippen LogP contribution is 2.19. The van der Waals surface area contributed by atoms with Crippen LogP contribution in [0.1, 0.15) is 28.9 Å². The van der Waals surface area contributed by atoms with Gasteiger partial charge in [-0.15, -0.1) is 24.8 Å². The van der Waals surface area contributed by atoms with E-state index in [1.165, 1.54) is 0 Å². The quantitative estimate of drug-likeness (QED) is 0.840. The van der Waals surface area contributed by atoms with Crippen molar-refractivity contribution in [1.82, 2.24) is 15.2 Å². The molecule has 23 heavy (non-hydrogen) atoms. The van der Waals surface area contributed by atoms with Crippen molar-refractivity contribution >= 4 is 36.6 Å². The molecule has 1 aliphatic rings. The average molecular weight is 363 g/mol. The number of halogens is 2. The zero-order valence-electron chi connectivity index (χ0n) is 13.2. The van der Waals surface area contributed by atoms with E-state index in [0.717, 1.165) is 18.5 Å². The molecule has 1 atom stereocenters. The summed E-state index contributed by atoms with van der Waals surface area (Å²) in [7, 11) is 0. The summed E-state index contributed by atoms with van der Waals surface area (Å²) in [5.41, 5.74) is 6.72. The lowest BCUT2D eigenvalue weighted by Gasteiger charge is -2.32. The molecule has 1 aromatic rings. The molecule has 1 fully saturated rings. The Labute approximate surface area is 149 Å². The summed E-state index contributed by atoms with van der Waals surface area (Å²) >= 11 is 0. The summed E-state index contributed by atoms with van der Waals surface area (Å²) in [4.78, 5) is 30.4. The zero-order chi connectivity index (χ0) is 15.2. The van der Waals surface area contributed by atoms with Crippen molar-refractivity contribution in [2.24, 2.45) is 11.7 Å². The average Bonchev–Trinajstić information content (AvgIpc) is 2.52. The predicted octanol–water partition coefficient (Wildman–Crippen LogP) is 1.16. The molecule has 0 radical (unpaired) electrons. The van der Waals surface area contributed by atoms with Crippen LogP contribution in [0.15, 0.2) is 18.3 Å². The fourth-order valence-electron chi connectivity index (χ4n) is 2.60. The van der Waals surface area contributed by atoms with Crippen molar-refractivity contribution in [2.75, 3.05) is 26.2 Å². The molecule has 0 bridgehead atoms. The SMILES string of the molecule is Cc1ncccc1C(=O)N1CCCC(C(=O)NCCN)C1.Cl.Cl. The van der Waals surface area contributed by atoms with Crippen LogP contribution in [0, 0.1) is 12.8 Å². The number of nitrogens with one attached hydrogen (secondary N) is 1. The van der Waals surface area contributed by atoms with Crippen LogP contribution in [0.2, 0.25) is 0 Å². The van der Waals surface area contributed by atoms with Crippen molar-refractivity contribution in [3.05, 3.63) is 29.6 Å². The molecule has 3 N–H and O–H groups in total. The number of amides is 2. The second kappa shape index (κ2) is 10.4. The van der Waals surface area contributed by atoms with Gasteiger partial charge < -0.3 is 16.0 Å². The number of nitrogens with two attached hydrogens (primary N) is 1. The number of pyridine rings is 1. The number of aryl methyl sites for hydroxylation is 1. The second-order valence-electron chi connectivity index (χ2n) is 5.31. The van der Waals surface area contributed by atoms with Crippen molar-refractivity contribution in [3.8, 4) is 0 Å². The van der Waals surface area contributed by atoms with E-state index in [1.54, 1.807) is 23.2 Å². The summed E-state index contributed by atoms with van der Waals surface area (Å²) < 4.78 is 0. The molecule has 1 saturated heterocycles. The van der Waals surface area contributed by atoms with Crippen molar-refractivity contribution < 1.29 is 9.59 Å². The monoisotopic (exact) mass is 362 g/mol. The van der Waals surface area contributed by atoms with E-state index in [9.17, 15) is 9.59 Å². The van der Waals surface area contributed by atoms with E-state index in [4.69, 9.17) is 5.73 Å². The molecule has 2 amide bonds. The molecule has 1 unspecified atom stereocenters. The van der Waals surface area contributed by atoms with Crippen LogP contribution in [0.5, 0.6) is 0 Å².